The lowest BCUT2D eigenvalue weighted by atomic mass is 9.75. The molecule has 17 heavy (non-hydrogen) atoms. The number of nitrogens with zero attached hydrogens (tertiary/aromatic N) is 1. The normalized spacial score (nSPS) is 18.0. The Bertz CT molecular complexity index is 545. The fourth-order valence-electron chi connectivity index (χ4n) is 2.26. The van der Waals surface area contributed by atoms with Crippen LogP contribution in [-0.4, -0.2) is 17.6 Å². The van der Waals surface area contributed by atoms with Crippen LogP contribution in [0.25, 0.3) is 10.2 Å². The van der Waals surface area contributed by atoms with Gasteiger partial charge in [0.1, 0.15) is 5.75 Å². The van der Waals surface area contributed by atoms with Crippen molar-refractivity contribution in [3.63, 3.8) is 0 Å². The molecule has 1 heterocycles. The van der Waals surface area contributed by atoms with Crippen molar-refractivity contribution in [3.8, 4) is 5.75 Å². The third-order valence-electron chi connectivity index (χ3n) is 3.49. The van der Waals surface area contributed by atoms with E-state index in [0.29, 0.717) is 0 Å². The number of hydrogen-bond donors (Lipinski definition) is 1. The fraction of sp³-hybridized carbons (Fsp3) is 0.462. The molecule has 1 fully saturated rings. The highest BCUT2D eigenvalue weighted by molar-refractivity contribution is 7.18. The topological polar surface area (TPSA) is 48.1 Å². The molecule has 1 aliphatic carbocycles. The van der Waals surface area contributed by atoms with Crippen molar-refractivity contribution < 1.29 is 4.74 Å². The molecule has 0 spiro atoms. The summed E-state index contributed by atoms with van der Waals surface area (Å²) in [6, 6.07) is 6.01. The van der Waals surface area contributed by atoms with Crippen molar-refractivity contribution in [2.75, 3.05) is 7.11 Å². The van der Waals surface area contributed by atoms with Gasteiger partial charge in [-0.25, -0.2) is 4.98 Å². The van der Waals surface area contributed by atoms with E-state index in [1.54, 1.807) is 18.4 Å². The predicted molar refractivity (Wildman–Crippen MR) is 70.6 cm³/mol. The van der Waals surface area contributed by atoms with E-state index in [-0.39, 0.29) is 5.54 Å². The average Bonchev–Trinajstić information content (AvgIpc) is 2.67. The van der Waals surface area contributed by atoms with E-state index < -0.39 is 0 Å². The van der Waals surface area contributed by atoms with Crippen LogP contribution in [-0.2, 0) is 6.42 Å². The van der Waals surface area contributed by atoms with E-state index in [0.717, 1.165) is 35.5 Å². The summed E-state index contributed by atoms with van der Waals surface area (Å²) in [5, 5.41) is 1.15. The Kier molecular flexibility index (Phi) is 2.56. The third kappa shape index (κ3) is 2.03. The molecule has 0 aliphatic heterocycles. The van der Waals surface area contributed by atoms with Gasteiger partial charge in [0.05, 0.1) is 22.3 Å². The monoisotopic (exact) mass is 248 g/mol. The van der Waals surface area contributed by atoms with E-state index >= 15 is 0 Å². The molecule has 3 nitrogen and oxygen atoms in total. The fourth-order valence-corrected chi connectivity index (χ4v) is 3.41. The zero-order chi connectivity index (χ0) is 11.9. The number of fused-ring (bicyclic) bond motifs is 1. The van der Waals surface area contributed by atoms with Gasteiger partial charge in [0.15, 0.2) is 0 Å². The van der Waals surface area contributed by atoms with Gasteiger partial charge in [-0.15, -0.1) is 11.3 Å². The molecule has 1 aromatic heterocycles. The molecule has 1 aromatic carbocycles. The first-order valence-corrected chi connectivity index (χ1v) is 6.73. The maximum absolute atomic E-state index is 6.25. The van der Waals surface area contributed by atoms with Gasteiger partial charge in [-0.05, 0) is 37.5 Å². The van der Waals surface area contributed by atoms with Gasteiger partial charge < -0.3 is 10.5 Å². The highest BCUT2D eigenvalue weighted by Crippen LogP contribution is 2.35. The molecule has 1 aliphatic rings. The Morgan fingerprint density at radius 2 is 2.29 bits per heavy atom. The standard InChI is InChI=1S/C13H16N2OS/c1-16-9-3-4-10-11(7-9)17-12(15-10)8-13(14)5-2-6-13/h3-4,7H,2,5-6,8,14H2,1H3. The molecule has 4 heteroatoms. The van der Waals surface area contributed by atoms with Crippen LogP contribution in [0.4, 0.5) is 0 Å². The zero-order valence-corrected chi connectivity index (χ0v) is 10.7. The zero-order valence-electron chi connectivity index (χ0n) is 9.90. The quantitative estimate of drug-likeness (QED) is 0.908. The molecule has 2 aromatic rings. The molecule has 0 amide bonds. The van der Waals surface area contributed by atoms with Crippen LogP contribution >= 0.6 is 11.3 Å². The molecule has 0 bridgehead atoms. The first kappa shape index (κ1) is 11.0. The molecule has 3 rings (SSSR count). The SMILES string of the molecule is COc1ccc2nc(CC3(N)CCC3)sc2c1. The Morgan fingerprint density at radius 1 is 1.47 bits per heavy atom. The summed E-state index contributed by atoms with van der Waals surface area (Å²) in [4.78, 5) is 4.64. The molecular formula is C13H16N2OS. The van der Waals surface area contributed by atoms with E-state index in [4.69, 9.17) is 10.5 Å². The van der Waals surface area contributed by atoms with E-state index in [1.165, 1.54) is 11.1 Å². The molecule has 1 saturated carbocycles. The Hall–Kier alpha value is -1.13. The van der Waals surface area contributed by atoms with Gasteiger partial charge in [0.2, 0.25) is 0 Å². The van der Waals surface area contributed by atoms with Crippen molar-refractivity contribution >= 4 is 21.6 Å². The summed E-state index contributed by atoms with van der Waals surface area (Å²) < 4.78 is 6.40. The number of rotatable bonds is 3. The Labute approximate surface area is 105 Å². The van der Waals surface area contributed by atoms with Gasteiger partial charge in [0, 0.05) is 12.0 Å². The smallest absolute Gasteiger partial charge is 0.120 e. The molecule has 2 N–H and O–H groups in total. The lowest BCUT2D eigenvalue weighted by molar-refractivity contribution is 0.247. The summed E-state index contributed by atoms with van der Waals surface area (Å²) in [6.07, 6.45) is 4.43. The van der Waals surface area contributed by atoms with E-state index in [9.17, 15) is 0 Å². The van der Waals surface area contributed by atoms with E-state index in [1.807, 2.05) is 18.2 Å². The predicted octanol–water partition coefficient (Wildman–Crippen LogP) is 2.73. The number of benzene rings is 1. The summed E-state index contributed by atoms with van der Waals surface area (Å²) in [5.41, 5.74) is 7.32. The van der Waals surface area contributed by atoms with Crippen molar-refractivity contribution in [3.05, 3.63) is 23.2 Å². The molecule has 90 valence electrons. The van der Waals surface area contributed by atoms with Gasteiger partial charge in [-0.1, -0.05) is 0 Å². The second-order valence-electron chi connectivity index (χ2n) is 4.83. The minimum absolute atomic E-state index is 0.0119. The van der Waals surface area contributed by atoms with Crippen LogP contribution in [0.3, 0.4) is 0 Å². The number of nitrogens with two attached hydrogens (primary N) is 1. The lowest BCUT2D eigenvalue weighted by Crippen LogP contribution is -2.48. The van der Waals surface area contributed by atoms with Crippen LogP contribution < -0.4 is 10.5 Å². The maximum atomic E-state index is 6.25. The average molecular weight is 248 g/mol. The maximum Gasteiger partial charge on any atom is 0.120 e. The van der Waals surface area contributed by atoms with Crippen LogP contribution in [0.2, 0.25) is 0 Å². The van der Waals surface area contributed by atoms with Crippen LogP contribution in [0.1, 0.15) is 24.3 Å². The van der Waals surface area contributed by atoms with Crippen molar-refractivity contribution in [2.24, 2.45) is 5.73 Å². The van der Waals surface area contributed by atoms with E-state index in [2.05, 4.69) is 4.98 Å². The number of aromatic nitrogens is 1. The Balaban J connectivity index is 1.90. The van der Waals surface area contributed by atoms with Gasteiger partial charge in [-0.2, -0.15) is 0 Å². The number of ether oxygens (including phenoxy) is 1. The van der Waals surface area contributed by atoms with Crippen LogP contribution in [0.15, 0.2) is 18.2 Å². The van der Waals surface area contributed by atoms with Crippen LogP contribution in [0.5, 0.6) is 5.75 Å². The largest absolute Gasteiger partial charge is 0.497 e. The molecule has 0 atom stereocenters. The summed E-state index contributed by atoms with van der Waals surface area (Å²) in [5.74, 6) is 0.888. The first-order chi connectivity index (χ1) is 8.18. The second-order valence-corrected chi connectivity index (χ2v) is 5.95. The minimum atomic E-state index is 0.0119. The third-order valence-corrected chi connectivity index (χ3v) is 4.51. The van der Waals surface area contributed by atoms with Crippen molar-refractivity contribution in [1.82, 2.24) is 4.98 Å². The molecular weight excluding hydrogens is 232 g/mol. The van der Waals surface area contributed by atoms with Gasteiger partial charge >= 0.3 is 0 Å². The van der Waals surface area contributed by atoms with Gasteiger partial charge in [-0.3, -0.25) is 0 Å². The first-order valence-electron chi connectivity index (χ1n) is 5.91. The lowest BCUT2D eigenvalue weighted by Gasteiger charge is -2.37. The second kappa shape index (κ2) is 3.96. The van der Waals surface area contributed by atoms with Crippen molar-refractivity contribution in [1.29, 1.82) is 0 Å². The summed E-state index contributed by atoms with van der Waals surface area (Å²) in [7, 11) is 1.69. The number of hydrogen-bond acceptors (Lipinski definition) is 4. The van der Waals surface area contributed by atoms with Crippen LogP contribution in [0, 0.1) is 0 Å². The Morgan fingerprint density at radius 3 is 2.94 bits per heavy atom. The summed E-state index contributed by atoms with van der Waals surface area (Å²) >= 11 is 1.73. The highest BCUT2D eigenvalue weighted by Gasteiger charge is 2.33. The van der Waals surface area contributed by atoms with Gasteiger partial charge in [0.25, 0.3) is 0 Å². The molecule has 0 saturated heterocycles. The molecule has 0 unspecified atom stereocenters. The minimum Gasteiger partial charge on any atom is -0.497 e. The number of methoxy groups -OCH3 is 1. The summed E-state index contributed by atoms with van der Waals surface area (Å²) in [6.45, 7) is 0. The molecule has 0 radical (unpaired) electrons. The number of thiazole rings is 1. The highest BCUT2D eigenvalue weighted by atomic mass is 32.1. The van der Waals surface area contributed by atoms with Crippen molar-refractivity contribution in [2.45, 2.75) is 31.2 Å².